The highest BCUT2D eigenvalue weighted by Gasteiger charge is 2.36. The molecule has 0 unspecified atom stereocenters. The van der Waals surface area contributed by atoms with Crippen LogP contribution in [0.1, 0.15) is 13.3 Å². The number of rotatable bonds is 11. The van der Waals surface area contributed by atoms with Crippen LogP contribution in [0.3, 0.4) is 0 Å². The molecule has 0 bridgehead atoms. The highest BCUT2D eigenvalue weighted by molar-refractivity contribution is 6.60. The molecule has 25 heavy (non-hydrogen) atoms. The summed E-state index contributed by atoms with van der Waals surface area (Å²) in [5.74, 6) is 0. The van der Waals surface area contributed by atoms with E-state index in [0.717, 1.165) is 12.5 Å². The lowest BCUT2D eigenvalue weighted by Crippen LogP contribution is -2.42. The molecule has 0 aliphatic carbocycles. The summed E-state index contributed by atoms with van der Waals surface area (Å²) in [6, 6.07) is 0.885. The highest BCUT2D eigenvalue weighted by atomic mass is 28.4. The van der Waals surface area contributed by atoms with E-state index in [1.54, 1.807) is 64.0 Å². The van der Waals surface area contributed by atoms with Gasteiger partial charge in [-0.25, -0.2) is 0 Å². The van der Waals surface area contributed by atoms with Crippen LogP contribution in [0.4, 0.5) is 0 Å². The van der Waals surface area contributed by atoms with E-state index >= 15 is 0 Å². The van der Waals surface area contributed by atoms with Gasteiger partial charge in [0.2, 0.25) is 0 Å². The highest BCUT2D eigenvalue weighted by Crippen LogP contribution is 2.13. The summed E-state index contributed by atoms with van der Waals surface area (Å²) in [7, 11) is 8.31. The molecule has 0 rings (SSSR count). The Morgan fingerprint density at radius 2 is 0.920 bits per heavy atom. The predicted octanol–water partition coefficient (Wildman–Crippen LogP) is 1.41. The van der Waals surface area contributed by atoms with Gasteiger partial charge in [0, 0.05) is 76.6 Å². The van der Waals surface area contributed by atoms with E-state index in [0.29, 0.717) is 0 Å². The van der Waals surface area contributed by atoms with Crippen molar-refractivity contribution in [3.63, 3.8) is 0 Å². The predicted molar refractivity (Wildman–Crippen MR) is 103 cm³/mol. The molecule has 0 amide bonds. The van der Waals surface area contributed by atoms with Crippen molar-refractivity contribution >= 4 is 27.1 Å². The van der Waals surface area contributed by atoms with E-state index in [1.807, 2.05) is 6.55 Å². The molecule has 0 aromatic carbocycles. The quantitative estimate of drug-likeness (QED) is 0.459. The molecule has 0 spiro atoms. The van der Waals surface area contributed by atoms with Gasteiger partial charge in [-0.3, -0.25) is 0 Å². The van der Waals surface area contributed by atoms with Gasteiger partial charge in [-0.15, -0.1) is 0 Å². The molecule has 0 atom stereocenters. The molecule has 0 radical (unpaired) electrons. The van der Waals surface area contributed by atoms with E-state index in [1.165, 1.54) is 0 Å². The molecule has 9 nitrogen and oxygen atoms in total. The first kappa shape index (κ1) is 30.0. The minimum atomic E-state index is -2.22. The zero-order chi connectivity index (χ0) is 20.4. The topological polar surface area (TPSA) is 83.1 Å². The summed E-state index contributed by atoms with van der Waals surface area (Å²) >= 11 is 0. The third-order valence-corrected chi connectivity index (χ3v) is 9.54. The summed E-state index contributed by atoms with van der Waals surface area (Å²) < 4.78 is 44.5. The van der Waals surface area contributed by atoms with Crippen LogP contribution in [-0.4, -0.2) is 91.1 Å². The van der Waals surface area contributed by atoms with Gasteiger partial charge in [-0.1, -0.05) is 13.3 Å². The number of hydrogen-bond donors (Lipinski definition) is 0. The van der Waals surface area contributed by atoms with Crippen LogP contribution >= 0.6 is 0 Å². The average molecular weight is 423 g/mol. The van der Waals surface area contributed by atoms with E-state index in [-0.39, 0.29) is 0 Å². The van der Waals surface area contributed by atoms with Crippen LogP contribution in [-0.2, 0) is 39.8 Å². The maximum atomic E-state index is 5.17. The van der Waals surface area contributed by atoms with Crippen LogP contribution in [0.25, 0.3) is 0 Å². The molecule has 0 heterocycles. The van der Waals surface area contributed by atoms with Crippen LogP contribution in [0.15, 0.2) is 0 Å². The van der Waals surface area contributed by atoms with Gasteiger partial charge in [0.1, 0.15) is 0 Å². The summed E-state index contributed by atoms with van der Waals surface area (Å²) in [5, 5.41) is 0. The molecule has 156 valence electrons. The van der Waals surface area contributed by atoms with Crippen molar-refractivity contribution < 1.29 is 39.8 Å². The van der Waals surface area contributed by atoms with Crippen molar-refractivity contribution in [3.8, 4) is 0 Å². The molecule has 0 aliphatic rings. The lowest BCUT2D eigenvalue weighted by Gasteiger charge is -2.23. The average Bonchev–Trinajstić information content (AvgIpc) is 2.68. The number of hydrogen-bond acceptors (Lipinski definition) is 9. The molecule has 0 fully saturated rings. The van der Waals surface area contributed by atoms with Gasteiger partial charge < -0.3 is 39.8 Å². The summed E-state index contributed by atoms with van der Waals surface area (Å²) in [4.78, 5) is 0. The summed E-state index contributed by atoms with van der Waals surface area (Å²) in [5.41, 5.74) is 0. The minimum Gasteiger partial charge on any atom is -0.379 e. The molecule has 12 heteroatoms. The summed E-state index contributed by atoms with van der Waals surface area (Å²) in [6.45, 7) is 3.91. The Kier molecular flexibility index (Phi) is 22.9. The van der Waals surface area contributed by atoms with Crippen molar-refractivity contribution in [2.75, 3.05) is 64.0 Å². The van der Waals surface area contributed by atoms with Crippen molar-refractivity contribution in [2.24, 2.45) is 0 Å². The standard InChI is InChI=1S/C6H16O3Si.C4H12O3Si.C3H10O3Si/c1-5-6-10(7-2,8-3)9-4;1-5-8(4,6-2)7-3;1-4-7(5-2)6-3/h5-6H2,1-4H3;1-4H3;7H,1-3H3. The normalized spacial score (nSPS) is 11.5. The second-order valence-corrected chi connectivity index (χ2v) is 12.5. The molecule has 0 aromatic rings. The van der Waals surface area contributed by atoms with Crippen molar-refractivity contribution in [1.29, 1.82) is 0 Å². The molecule has 0 saturated heterocycles. The van der Waals surface area contributed by atoms with Gasteiger partial charge in [0.05, 0.1) is 0 Å². The lowest BCUT2D eigenvalue weighted by molar-refractivity contribution is 0.123. The second kappa shape index (κ2) is 19.1. The SMILES string of the molecule is CCC[Si](OC)(OC)OC.CO[SiH](OC)OC.CO[Si](C)(OC)OC. The Bertz CT molecular complexity index is 241. The Labute approximate surface area is 157 Å². The van der Waals surface area contributed by atoms with Crippen LogP contribution < -0.4 is 0 Å². The third kappa shape index (κ3) is 15.1. The van der Waals surface area contributed by atoms with Crippen molar-refractivity contribution in [2.45, 2.75) is 25.9 Å². The fourth-order valence-corrected chi connectivity index (χ4v) is 4.20. The first-order valence-corrected chi connectivity index (χ1v) is 13.2. The Morgan fingerprint density at radius 1 is 0.600 bits per heavy atom. The minimum absolute atomic E-state index is 0.885. The first-order chi connectivity index (χ1) is 11.8. The monoisotopic (exact) mass is 422 g/mol. The second-order valence-electron chi connectivity index (χ2n) is 4.52. The smallest absolute Gasteiger partial charge is 0.379 e. The molecule has 0 saturated carbocycles. The molecular formula is C13H38O9Si3. The van der Waals surface area contributed by atoms with E-state index in [9.17, 15) is 0 Å². The molecule has 0 aliphatic heterocycles. The fraction of sp³-hybridized carbons (Fsp3) is 1.00. The third-order valence-electron chi connectivity index (χ3n) is 3.18. The zero-order valence-corrected chi connectivity index (χ0v) is 20.8. The van der Waals surface area contributed by atoms with Gasteiger partial charge in [-0.2, -0.15) is 0 Å². The van der Waals surface area contributed by atoms with Crippen molar-refractivity contribution in [3.05, 3.63) is 0 Å². The van der Waals surface area contributed by atoms with Crippen molar-refractivity contribution in [1.82, 2.24) is 0 Å². The lowest BCUT2D eigenvalue weighted by atomic mass is 10.6. The largest absolute Gasteiger partial charge is 0.500 e. The Hall–Kier alpha value is 0.291. The van der Waals surface area contributed by atoms with E-state index in [2.05, 4.69) is 6.92 Å². The molecule has 0 N–H and O–H groups in total. The first-order valence-electron chi connectivity index (χ1n) is 7.67. The van der Waals surface area contributed by atoms with Crippen LogP contribution in [0.2, 0.25) is 12.6 Å². The zero-order valence-electron chi connectivity index (χ0n) is 17.7. The Morgan fingerprint density at radius 3 is 0.960 bits per heavy atom. The van der Waals surface area contributed by atoms with E-state index in [4.69, 9.17) is 39.8 Å². The van der Waals surface area contributed by atoms with E-state index < -0.39 is 27.1 Å². The molecule has 0 aromatic heterocycles. The van der Waals surface area contributed by atoms with Gasteiger partial charge >= 0.3 is 27.1 Å². The van der Waals surface area contributed by atoms with Crippen LogP contribution in [0, 0.1) is 0 Å². The maximum Gasteiger partial charge on any atom is 0.500 e. The molecular weight excluding hydrogens is 384 g/mol. The maximum absolute atomic E-state index is 5.17. The van der Waals surface area contributed by atoms with Gasteiger partial charge in [0.25, 0.3) is 0 Å². The van der Waals surface area contributed by atoms with Gasteiger partial charge in [-0.05, 0) is 0 Å². The van der Waals surface area contributed by atoms with Crippen LogP contribution in [0.5, 0.6) is 0 Å². The van der Waals surface area contributed by atoms with Gasteiger partial charge in [0.15, 0.2) is 0 Å². The Balaban J connectivity index is -0.000000296. The summed E-state index contributed by atoms with van der Waals surface area (Å²) in [6.07, 6.45) is 1.03. The fourth-order valence-electron chi connectivity index (χ4n) is 1.40.